The largest absolute Gasteiger partial charge is 0.496 e. The molecule has 0 atom stereocenters. The van der Waals surface area contributed by atoms with Crippen molar-refractivity contribution in [3.8, 4) is 11.5 Å². The summed E-state index contributed by atoms with van der Waals surface area (Å²) in [4.78, 5) is 50.5. The third-order valence-corrected chi connectivity index (χ3v) is 5.45. The summed E-state index contributed by atoms with van der Waals surface area (Å²) in [6, 6.07) is 2.53. The SMILES string of the molecule is COc1cc(OC)c([N+](=O)[O-])cc1/C=C1/SC(=O)N(CC(=O)N2CCOCC2)C1=O. The lowest BCUT2D eigenvalue weighted by atomic mass is 10.1. The fraction of sp³-hybridized carbons (Fsp3) is 0.389. The number of nitrogens with zero attached hydrogens (tertiary/aromatic N) is 3. The average Bonchev–Trinajstić information content (AvgIpc) is 3.01. The number of benzene rings is 1. The maximum absolute atomic E-state index is 12.7. The molecule has 1 aromatic rings. The van der Waals surface area contributed by atoms with Crippen molar-refractivity contribution in [2.75, 3.05) is 47.1 Å². The van der Waals surface area contributed by atoms with Crippen LogP contribution in [0, 0.1) is 10.1 Å². The highest BCUT2D eigenvalue weighted by Gasteiger charge is 2.37. The highest BCUT2D eigenvalue weighted by molar-refractivity contribution is 8.18. The van der Waals surface area contributed by atoms with Gasteiger partial charge in [0.25, 0.3) is 11.1 Å². The molecule has 3 amide bonds. The van der Waals surface area contributed by atoms with E-state index in [4.69, 9.17) is 14.2 Å². The van der Waals surface area contributed by atoms with Gasteiger partial charge in [-0.25, -0.2) is 0 Å². The molecular formula is C18H19N3O8S. The number of thioether (sulfide) groups is 1. The Hall–Kier alpha value is -3.12. The first-order valence-electron chi connectivity index (χ1n) is 8.87. The van der Waals surface area contributed by atoms with E-state index in [1.807, 2.05) is 0 Å². The van der Waals surface area contributed by atoms with Crippen LogP contribution in [0.1, 0.15) is 5.56 Å². The van der Waals surface area contributed by atoms with Crippen LogP contribution in [-0.4, -0.2) is 78.8 Å². The van der Waals surface area contributed by atoms with Crippen molar-refractivity contribution in [1.29, 1.82) is 0 Å². The van der Waals surface area contributed by atoms with E-state index in [2.05, 4.69) is 0 Å². The fourth-order valence-corrected chi connectivity index (χ4v) is 3.82. The number of carbonyl (C=O) groups excluding carboxylic acids is 3. The minimum absolute atomic E-state index is 0.00166. The molecule has 0 unspecified atom stereocenters. The van der Waals surface area contributed by atoms with Crippen LogP contribution in [0.25, 0.3) is 6.08 Å². The lowest BCUT2D eigenvalue weighted by Gasteiger charge is -2.28. The zero-order valence-electron chi connectivity index (χ0n) is 16.3. The number of imide groups is 1. The summed E-state index contributed by atoms with van der Waals surface area (Å²) in [6.07, 6.45) is 1.33. The number of nitro groups is 1. The molecule has 0 aliphatic carbocycles. The Labute approximate surface area is 175 Å². The zero-order chi connectivity index (χ0) is 21.8. The predicted molar refractivity (Wildman–Crippen MR) is 106 cm³/mol. The second kappa shape index (κ2) is 9.13. The maximum Gasteiger partial charge on any atom is 0.311 e. The van der Waals surface area contributed by atoms with Gasteiger partial charge in [0, 0.05) is 30.8 Å². The summed E-state index contributed by atoms with van der Waals surface area (Å²) in [5.74, 6) is -0.765. The zero-order valence-corrected chi connectivity index (χ0v) is 17.1. The van der Waals surface area contributed by atoms with Crippen LogP contribution >= 0.6 is 11.8 Å². The van der Waals surface area contributed by atoms with Crippen LogP contribution in [0.15, 0.2) is 17.0 Å². The average molecular weight is 437 g/mol. The third-order valence-electron chi connectivity index (χ3n) is 4.55. The van der Waals surface area contributed by atoms with Gasteiger partial charge in [-0.3, -0.25) is 29.4 Å². The van der Waals surface area contributed by atoms with Gasteiger partial charge in [0.15, 0.2) is 0 Å². The van der Waals surface area contributed by atoms with Crippen LogP contribution in [0.4, 0.5) is 10.5 Å². The molecule has 3 rings (SSSR count). The van der Waals surface area contributed by atoms with E-state index in [1.165, 1.54) is 37.3 Å². The first-order valence-corrected chi connectivity index (χ1v) is 9.68. The first-order chi connectivity index (χ1) is 14.3. The van der Waals surface area contributed by atoms with Gasteiger partial charge >= 0.3 is 5.69 Å². The number of ether oxygens (including phenoxy) is 3. The molecule has 30 heavy (non-hydrogen) atoms. The molecule has 2 fully saturated rings. The number of carbonyl (C=O) groups is 3. The molecule has 0 bridgehead atoms. The van der Waals surface area contributed by atoms with Gasteiger partial charge in [-0.1, -0.05) is 0 Å². The first kappa shape index (κ1) is 21.6. The van der Waals surface area contributed by atoms with Crippen LogP contribution < -0.4 is 9.47 Å². The number of morpholine rings is 1. The highest BCUT2D eigenvalue weighted by atomic mass is 32.2. The van der Waals surface area contributed by atoms with Crippen molar-refractivity contribution in [2.45, 2.75) is 0 Å². The Bertz CT molecular complexity index is 926. The summed E-state index contributed by atoms with van der Waals surface area (Å²) >= 11 is 0.655. The van der Waals surface area contributed by atoms with Gasteiger partial charge in [-0.05, 0) is 17.8 Å². The Morgan fingerprint density at radius 2 is 1.90 bits per heavy atom. The van der Waals surface area contributed by atoms with E-state index in [9.17, 15) is 24.5 Å². The van der Waals surface area contributed by atoms with Crippen molar-refractivity contribution >= 4 is 40.6 Å². The minimum atomic E-state index is -0.646. The van der Waals surface area contributed by atoms with Gasteiger partial charge in [-0.2, -0.15) is 0 Å². The van der Waals surface area contributed by atoms with Crippen molar-refractivity contribution in [1.82, 2.24) is 9.80 Å². The van der Waals surface area contributed by atoms with Gasteiger partial charge < -0.3 is 19.1 Å². The van der Waals surface area contributed by atoms with E-state index in [0.717, 1.165) is 4.90 Å². The molecule has 0 radical (unpaired) electrons. The topological polar surface area (TPSA) is 129 Å². The Morgan fingerprint density at radius 3 is 2.50 bits per heavy atom. The molecular weight excluding hydrogens is 418 g/mol. The second-order valence-corrected chi connectivity index (χ2v) is 7.28. The van der Waals surface area contributed by atoms with E-state index >= 15 is 0 Å². The molecule has 0 spiro atoms. The molecule has 2 saturated heterocycles. The second-order valence-electron chi connectivity index (χ2n) is 6.28. The van der Waals surface area contributed by atoms with Gasteiger partial charge in [0.2, 0.25) is 11.7 Å². The number of rotatable bonds is 6. The molecule has 2 heterocycles. The third kappa shape index (κ3) is 4.39. The summed E-state index contributed by atoms with van der Waals surface area (Å²) in [5.41, 5.74) is -0.0821. The van der Waals surface area contributed by atoms with E-state index in [-0.39, 0.29) is 40.1 Å². The van der Waals surface area contributed by atoms with E-state index in [1.54, 1.807) is 0 Å². The van der Waals surface area contributed by atoms with Crippen LogP contribution in [0.2, 0.25) is 0 Å². The molecule has 0 saturated carbocycles. The number of amides is 3. The number of nitro benzene ring substituents is 1. The molecule has 12 heteroatoms. The van der Waals surface area contributed by atoms with Crippen molar-refractivity contribution in [2.24, 2.45) is 0 Å². The number of methoxy groups -OCH3 is 2. The molecule has 2 aliphatic heterocycles. The Balaban J connectivity index is 1.85. The van der Waals surface area contributed by atoms with Crippen molar-refractivity contribution in [3.05, 3.63) is 32.7 Å². The highest BCUT2D eigenvalue weighted by Crippen LogP contribution is 2.38. The fourth-order valence-electron chi connectivity index (χ4n) is 2.99. The summed E-state index contributed by atoms with van der Waals surface area (Å²) in [5, 5.41) is 10.7. The predicted octanol–water partition coefficient (Wildman–Crippen LogP) is 1.51. The quantitative estimate of drug-likeness (QED) is 0.369. The monoisotopic (exact) mass is 437 g/mol. The van der Waals surface area contributed by atoms with Crippen LogP contribution in [0.3, 0.4) is 0 Å². The molecule has 160 valence electrons. The summed E-state index contributed by atoms with van der Waals surface area (Å²) in [6.45, 7) is 1.24. The van der Waals surface area contributed by atoms with Crippen molar-refractivity contribution < 1.29 is 33.5 Å². The molecule has 1 aromatic carbocycles. The maximum atomic E-state index is 12.7. The lowest BCUT2D eigenvalue weighted by Crippen LogP contribution is -2.46. The Morgan fingerprint density at radius 1 is 1.23 bits per heavy atom. The lowest BCUT2D eigenvalue weighted by molar-refractivity contribution is -0.385. The number of hydrogen-bond donors (Lipinski definition) is 0. The van der Waals surface area contributed by atoms with Gasteiger partial charge in [-0.15, -0.1) is 0 Å². The van der Waals surface area contributed by atoms with Crippen LogP contribution in [-0.2, 0) is 14.3 Å². The summed E-state index contributed by atoms with van der Waals surface area (Å²) < 4.78 is 15.4. The van der Waals surface area contributed by atoms with Crippen LogP contribution in [0.5, 0.6) is 11.5 Å². The number of hydrogen-bond acceptors (Lipinski definition) is 9. The summed E-state index contributed by atoms with van der Waals surface area (Å²) in [7, 11) is 2.66. The van der Waals surface area contributed by atoms with Crippen molar-refractivity contribution in [3.63, 3.8) is 0 Å². The smallest absolute Gasteiger partial charge is 0.311 e. The Kier molecular flexibility index (Phi) is 6.57. The molecule has 0 N–H and O–H groups in total. The van der Waals surface area contributed by atoms with E-state index in [0.29, 0.717) is 38.1 Å². The normalized spacial score (nSPS) is 18.1. The molecule has 11 nitrogen and oxygen atoms in total. The molecule has 0 aromatic heterocycles. The van der Waals surface area contributed by atoms with E-state index < -0.39 is 16.1 Å². The minimum Gasteiger partial charge on any atom is -0.496 e. The standard InChI is InChI=1S/C18H19N3O8S/c1-27-13-9-14(28-2)12(21(25)26)7-11(13)8-15-17(23)20(18(24)30-15)10-16(22)19-3-5-29-6-4-19/h7-9H,3-6,10H2,1-2H3/b15-8+. The molecule has 2 aliphatic rings. The van der Waals surface area contributed by atoms with Gasteiger partial charge in [0.1, 0.15) is 12.3 Å². The van der Waals surface area contributed by atoms with Gasteiger partial charge in [0.05, 0.1) is 37.3 Å².